The summed E-state index contributed by atoms with van der Waals surface area (Å²) in [6.45, 7) is 1.58. The average Bonchev–Trinajstić information content (AvgIpc) is 2.90. The highest BCUT2D eigenvalue weighted by Crippen LogP contribution is 2.38. The molecule has 0 radical (unpaired) electrons. The van der Waals surface area contributed by atoms with Crippen LogP contribution in [0.3, 0.4) is 0 Å². The van der Waals surface area contributed by atoms with Crippen molar-refractivity contribution in [2.45, 2.75) is 45.1 Å². The second kappa shape index (κ2) is 6.62. The van der Waals surface area contributed by atoms with Crippen LogP contribution in [-0.2, 0) is 27.3 Å². The van der Waals surface area contributed by atoms with Crippen molar-refractivity contribution in [2.24, 2.45) is 11.8 Å². The number of hydrogen-bond donors (Lipinski definition) is 0. The van der Waals surface area contributed by atoms with Crippen molar-refractivity contribution in [1.29, 1.82) is 0 Å². The van der Waals surface area contributed by atoms with E-state index in [1.54, 1.807) is 0 Å². The Kier molecular flexibility index (Phi) is 4.32. The van der Waals surface area contributed by atoms with E-state index in [0.717, 1.165) is 32.1 Å². The lowest BCUT2D eigenvalue weighted by atomic mass is 9.81. The Morgan fingerprint density at radius 3 is 2.32 bits per heavy atom. The second-order valence-corrected chi connectivity index (χ2v) is 7.41. The molecule has 2 heterocycles. The number of imide groups is 1. The Bertz CT molecular complexity index is 691. The van der Waals surface area contributed by atoms with Crippen molar-refractivity contribution < 1.29 is 14.4 Å². The first-order valence-electron chi connectivity index (χ1n) is 9.35. The fraction of sp³-hybridized carbons (Fsp3) is 0.550. The lowest BCUT2D eigenvalue weighted by molar-refractivity contribution is -0.141. The molecule has 4 rings (SSSR count). The van der Waals surface area contributed by atoms with Crippen LogP contribution in [0.25, 0.3) is 0 Å². The van der Waals surface area contributed by atoms with Gasteiger partial charge in [0.05, 0.1) is 11.8 Å². The van der Waals surface area contributed by atoms with Gasteiger partial charge < -0.3 is 4.90 Å². The van der Waals surface area contributed by atoms with Crippen LogP contribution in [-0.4, -0.2) is 40.6 Å². The summed E-state index contributed by atoms with van der Waals surface area (Å²) in [7, 11) is 0. The molecule has 2 aliphatic heterocycles. The van der Waals surface area contributed by atoms with Gasteiger partial charge in [-0.3, -0.25) is 19.3 Å². The zero-order valence-corrected chi connectivity index (χ0v) is 14.4. The van der Waals surface area contributed by atoms with Crippen LogP contribution in [0.2, 0.25) is 0 Å². The zero-order chi connectivity index (χ0) is 17.4. The first-order chi connectivity index (χ1) is 12.1. The van der Waals surface area contributed by atoms with Gasteiger partial charge in [0.2, 0.25) is 17.7 Å². The molecule has 2 atom stereocenters. The molecule has 2 fully saturated rings. The van der Waals surface area contributed by atoms with Gasteiger partial charge in [0.1, 0.15) is 0 Å². The predicted octanol–water partition coefficient (Wildman–Crippen LogP) is 2.14. The molecule has 0 N–H and O–H groups in total. The lowest BCUT2D eigenvalue weighted by Gasteiger charge is -2.29. The number of amides is 3. The Morgan fingerprint density at radius 1 is 1.00 bits per heavy atom. The summed E-state index contributed by atoms with van der Waals surface area (Å²) in [5.74, 6) is -0.320. The van der Waals surface area contributed by atoms with Gasteiger partial charge in [-0.2, -0.15) is 0 Å². The third-order valence-corrected chi connectivity index (χ3v) is 5.97. The fourth-order valence-electron chi connectivity index (χ4n) is 4.53. The topological polar surface area (TPSA) is 57.7 Å². The van der Waals surface area contributed by atoms with Crippen molar-refractivity contribution in [3.05, 3.63) is 35.4 Å². The van der Waals surface area contributed by atoms with Crippen LogP contribution in [0.5, 0.6) is 0 Å². The van der Waals surface area contributed by atoms with Crippen molar-refractivity contribution in [3.63, 3.8) is 0 Å². The monoisotopic (exact) mass is 340 g/mol. The van der Waals surface area contributed by atoms with Crippen LogP contribution in [0.15, 0.2) is 24.3 Å². The molecular formula is C20H24N2O3. The highest BCUT2D eigenvalue weighted by molar-refractivity contribution is 6.05. The molecule has 1 aromatic carbocycles. The van der Waals surface area contributed by atoms with E-state index in [0.29, 0.717) is 13.1 Å². The van der Waals surface area contributed by atoms with Crippen molar-refractivity contribution in [1.82, 2.24) is 9.80 Å². The standard InChI is InChI=1S/C20H24N2O3/c23-18(21-11-9-14-5-1-2-6-15(14)13-21)10-12-22-19(24)16-7-3-4-8-17(16)20(22)25/h1-2,5-6,16-17H,3-4,7-13H2/t16-,17-/m1/s1. The van der Waals surface area contributed by atoms with Crippen LogP contribution in [0.4, 0.5) is 0 Å². The number of carbonyl (C=O) groups is 3. The molecule has 1 aliphatic carbocycles. The SMILES string of the molecule is O=C(CCN1C(=O)[C@@H]2CCCC[C@H]2C1=O)N1CCc2ccccc2C1. The van der Waals surface area contributed by atoms with Crippen molar-refractivity contribution in [2.75, 3.05) is 13.1 Å². The van der Waals surface area contributed by atoms with Crippen LogP contribution in [0.1, 0.15) is 43.2 Å². The Morgan fingerprint density at radius 2 is 1.64 bits per heavy atom. The van der Waals surface area contributed by atoms with E-state index in [9.17, 15) is 14.4 Å². The molecule has 5 heteroatoms. The fourth-order valence-corrected chi connectivity index (χ4v) is 4.53. The molecule has 3 aliphatic rings. The maximum absolute atomic E-state index is 12.6. The maximum atomic E-state index is 12.6. The van der Waals surface area contributed by atoms with Crippen LogP contribution < -0.4 is 0 Å². The number of fused-ring (bicyclic) bond motifs is 2. The number of carbonyl (C=O) groups excluding carboxylic acids is 3. The number of benzene rings is 1. The molecule has 3 amide bonds. The highest BCUT2D eigenvalue weighted by Gasteiger charge is 2.47. The first kappa shape index (κ1) is 16.3. The van der Waals surface area contributed by atoms with E-state index in [-0.39, 0.29) is 42.5 Å². The summed E-state index contributed by atoms with van der Waals surface area (Å²) < 4.78 is 0. The molecule has 1 saturated heterocycles. The first-order valence-corrected chi connectivity index (χ1v) is 9.35. The van der Waals surface area contributed by atoms with Gasteiger partial charge in [-0.15, -0.1) is 0 Å². The van der Waals surface area contributed by atoms with Gasteiger partial charge in [0, 0.05) is 26.1 Å². The number of rotatable bonds is 3. The maximum Gasteiger partial charge on any atom is 0.233 e. The largest absolute Gasteiger partial charge is 0.338 e. The predicted molar refractivity (Wildman–Crippen MR) is 92.3 cm³/mol. The van der Waals surface area contributed by atoms with Crippen LogP contribution in [0, 0.1) is 11.8 Å². The van der Waals surface area contributed by atoms with Gasteiger partial charge in [-0.05, 0) is 30.4 Å². The molecule has 0 spiro atoms. The summed E-state index contributed by atoms with van der Waals surface area (Å²) in [6.07, 6.45) is 4.80. The minimum atomic E-state index is -0.127. The molecule has 0 bridgehead atoms. The van der Waals surface area contributed by atoms with E-state index in [1.807, 2.05) is 17.0 Å². The van der Waals surface area contributed by atoms with Crippen LogP contribution >= 0.6 is 0 Å². The summed E-state index contributed by atoms with van der Waals surface area (Å²) >= 11 is 0. The number of hydrogen-bond acceptors (Lipinski definition) is 3. The zero-order valence-electron chi connectivity index (χ0n) is 14.4. The van der Waals surface area contributed by atoms with E-state index in [1.165, 1.54) is 16.0 Å². The van der Waals surface area contributed by atoms with Gasteiger partial charge in [0.15, 0.2) is 0 Å². The molecule has 1 saturated carbocycles. The normalized spacial score (nSPS) is 25.8. The summed E-state index contributed by atoms with van der Waals surface area (Å²) in [6, 6.07) is 8.20. The van der Waals surface area contributed by atoms with Gasteiger partial charge in [0.25, 0.3) is 0 Å². The Balaban J connectivity index is 1.36. The van der Waals surface area contributed by atoms with Gasteiger partial charge in [-0.1, -0.05) is 37.1 Å². The molecule has 132 valence electrons. The summed E-state index contributed by atoms with van der Waals surface area (Å²) in [5, 5.41) is 0. The Hall–Kier alpha value is -2.17. The molecular weight excluding hydrogens is 316 g/mol. The summed E-state index contributed by atoms with van der Waals surface area (Å²) in [4.78, 5) is 40.7. The van der Waals surface area contributed by atoms with Gasteiger partial charge >= 0.3 is 0 Å². The minimum absolute atomic E-state index is 0.0324. The van der Waals surface area contributed by atoms with Gasteiger partial charge in [-0.25, -0.2) is 0 Å². The van der Waals surface area contributed by atoms with E-state index < -0.39 is 0 Å². The summed E-state index contributed by atoms with van der Waals surface area (Å²) in [5.41, 5.74) is 2.50. The lowest BCUT2D eigenvalue weighted by Crippen LogP contribution is -2.39. The highest BCUT2D eigenvalue weighted by atomic mass is 16.2. The number of nitrogens with zero attached hydrogens (tertiary/aromatic N) is 2. The molecule has 0 aromatic heterocycles. The van der Waals surface area contributed by atoms with E-state index in [4.69, 9.17) is 0 Å². The molecule has 25 heavy (non-hydrogen) atoms. The van der Waals surface area contributed by atoms with E-state index >= 15 is 0 Å². The third kappa shape index (κ3) is 2.96. The average molecular weight is 340 g/mol. The smallest absolute Gasteiger partial charge is 0.233 e. The second-order valence-electron chi connectivity index (χ2n) is 7.41. The minimum Gasteiger partial charge on any atom is -0.338 e. The van der Waals surface area contributed by atoms with Crippen molar-refractivity contribution in [3.8, 4) is 0 Å². The molecule has 0 unspecified atom stereocenters. The third-order valence-electron chi connectivity index (χ3n) is 5.97. The molecule has 5 nitrogen and oxygen atoms in total. The van der Waals surface area contributed by atoms with E-state index in [2.05, 4.69) is 12.1 Å². The molecule has 1 aromatic rings. The Labute approximate surface area is 148 Å². The van der Waals surface area contributed by atoms with Crippen molar-refractivity contribution >= 4 is 17.7 Å². The quantitative estimate of drug-likeness (QED) is 0.792. The number of likely N-dealkylation sites (tertiary alicyclic amines) is 1.